The molecule has 8 heteroatoms. The van der Waals surface area contributed by atoms with Crippen LogP contribution >= 0.6 is 0 Å². The number of fused-ring (bicyclic) bond motifs is 2. The second-order valence-electron chi connectivity index (χ2n) is 12.5. The largest absolute Gasteiger partial charge is 0.444 e. The van der Waals surface area contributed by atoms with E-state index in [9.17, 15) is 4.79 Å². The van der Waals surface area contributed by atoms with E-state index in [4.69, 9.17) is 21.2 Å². The second-order valence-corrected chi connectivity index (χ2v) is 12.5. The molecule has 6 rings (SSSR count). The number of amides is 1. The first kappa shape index (κ1) is 24.9. The third kappa shape index (κ3) is 4.65. The summed E-state index contributed by atoms with van der Waals surface area (Å²) < 4.78 is 7.95. The zero-order chi connectivity index (χ0) is 26.6. The Labute approximate surface area is 224 Å². The number of anilines is 3. The molecule has 3 fully saturated rings. The van der Waals surface area contributed by atoms with E-state index in [1.54, 1.807) is 0 Å². The summed E-state index contributed by atoms with van der Waals surface area (Å²) in [5, 5.41) is 0. The number of likely N-dealkylation sites (tertiary alicyclic amines) is 1. The number of aromatic nitrogens is 2. The summed E-state index contributed by atoms with van der Waals surface area (Å²) in [4.78, 5) is 21.6. The van der Waals surface area contributed by atoms with Crippen LogP contribution in [0.15, 0.2) is 36.7 Å². The maximum absolute atomic E-state index is 12.6. The minimum Gasteiger partial charge on any atom is -0.444 e. The lowest BCUT2D eigenvalue weighted by molar-refractivity contribution is 0.0282. The quantitative estimate of drug-likeness (QED) is 0.435. The number of hydrogen-bond donors (Lipinski definition) is 2. The summed E-state index contributed by atoms with van der Waals surface area (Å²) in [5.41, 5.74) is 18.9. The second kappa shape index (κ2) is 9.40. The SMILES string of the molecule is CC(C)(C)OC(=O)N1CC2CN(c3cc(N)c(N)c(-c4ccc5c(c4)ncn5C4CCCCC4)c3)CC2C1. The molecule has 0 radical (unpaired) electrons. The molecule has 3 aliphatic rings. The molecular weight excluding hydrogens is 476 g/mol. The van der Waals surface area contributed by atoms with Crippen molar-refractivity contribution in [1.29, 1.82) is 0 Å². The standard InChI is InChI=1S/C30H40N6O2/c1-30(2,3)38-29(37)35-16-20-14-34(15-21(20)17-35)23-12-24(28(32)25(31)13-23)19-9-10-27-26(11-19)33-18-36(27)22-7-5-4-6-8-22/h9-13,18,20-22H,4-8,14-17,31-32H2,1-3H3. The number of carbonyl (C=O) groups excluding carboxylic acids is 1. The molecule has 38 heavy (non-hydrogen) atoms. The Morgan fingerprint density at radius 1 is 0.974 bits per heavy atom. The first-order valence-corrected chi connectivity index (χ1v) is 14.0. The van der Waals surface area contributed by atoms with E-state index in [1.807, 2.05) is 38.1 Å². The van der Waals surface area contributed by atoms with Gasteiger partial charge in [-0.2, -0.15) is 0 Å². The number of carbonyl (C=O) groups is 1. The van der Waals surface area contributed by atoms with Crippen LogP contribution in [0.5, 0.6) is 0 Å². The number of rotatable bonds is 3. The van der Waals surface area contributed by atoms with Gasteiger partial charge in [-0.1, -0.05) is 25.3 Å². The van der Waals surface area contributed by atoms with E-state index >= 15 is 0 Å². The van der Waals surface area contributed by atoms with Gasteiger partial charge in [-0.05, 0) is 63.4 Å². The highest BCUT2D eigenvalue weighted by Gasteiger charge is 2.43. The molecule has 0 bridgehead atoms. The van der Waals surface area contributed by atoms with Crippen molar-refractivity contribution in [3.8, 4) is 11.1 Å². The first-order valence-electron chi connectivity index (χ1n) is 14.0. The van der Waals surface area contributed by atoms with Gasteiger partial charge in [0.05, 0.1) is 28.7 Å². The fraction of sp³-hybridized carbons (Fsp3) is 0.533. The van der Waals surface area contributed by atoms with Crippen LogP contribution in [0.1, 0.15) is 58.9 Å². The van der Waals surface area contributed by atoms with Crippen LogP contribution < -0.4 is 16.4 Å². The van der Waals surface area contributed by atoms with Crippen LogP contribution in [0.25, 0.3) is 22.2 Å². The van der Waals surface area contributed by atoms with Crippen molar-refractivity contribution in [2.75, 3.05) is 42.5 Å². The molecule has 1 amide bonds. The molecule has 2 aliphatic heterocycles. The summed E-state index contributed by atoms with van der Waals surface area (Å²) in [6, 6.07) is 11.2. The van der Waals surface area contributed by atoms with E-state index in [0.717, 1.165) is 48.5 Å². The molecule has 1 aliphatic carbocycles. The topological polar surface area (TPSA) is 103 Å². The van der Waals surface area contributed by atoms with Crippen LogP contribution in [0, 0.1) is 11.8 Å². The molecule has 2 aromatic carbocycles. The van der Waals surface area contributed by atoms with Crippen molar-refractivity contribution < 1.29 is 9.53 Å². The molecule has 2 saturated heterocycles. The van der Waals surface area contributed by atoms with Crippen LogP contribution in [0.3, 0.4) is 0 Å². The Kier molecular flexibility index (Phi) is 6.16. The lowest BCUT2D eigenvalue weighted by atomic mass is 9.95. The summed E-state index contributed by atoms with van der Waals surface area (Å²) in [5.74, 6) is 0.842. The summed E-state index contributed by atoms with van der Waals surface area (Å²) in [6.07, 6.45) is 8.18. The van der Waals surface area contributed by atoms with Crippen molar-refractivity contribution in [2.45, 2.75) is 64.5 Å². The highest BCUT2D eigenvalue weighted by Crippen LogP contribution is 2.40. The smallest absolute Gasteiger partial charge is 0.410 e. The molecule has 3 aromatic rings. The lowest BCUT2D eigenvalue weighted by Crippen LogP contribution is -2.37. The first-order chi connectivity index (χ1) is 18.2. The van der Waals surface area contributed by atoms with Crippen molar-refractivity contribution in [3.63, 3.8) is 0 Å². The minimum atomic E-state index is -0.476. The average Bonchev–Trinajstić information content (AvgIpc) is 3.58. The van der Waals surface area contributed by atoms with Gasteiger partial charge < -0.3 is 30.6 Å². The summed E-state index contributed by atoms with van der Waals surface area (Å²) >= 11 is 0. The molecule has 8 nitrogen and oxygen atoms in total. The van der Waals surface area contributed by atoms with E-state index < -0.39 is 5.60 Å². The highest BCUT2D eigenvalue weighted by atomic mass is 16.6. The van der Waals surface area contributed by atoms with Gasteiger partial charge in [0.2, 0.25) is 0 Å². The van der Waals surface area contributed by atoms with Gasteiger partial charge in [-0.25, -0.2) is 9.78 Å². The van der Waals surface area contributed by atoms with Gasteiger partial charge >= 0.3 is 6.09 Å². The zero-order valence-corrected chi connectivity index (χ0v) is 22.8. The number of ether oxygens (including phenoxy) is 1. The Balaban J connectivity index is 1.21. The fourth-order valence-corrected chi connectivity index (χ4v) is 6.61. The molecule has 4 N–H and O–H groups in total. The Hall–Kier alpha value is -3.42. The van der Waals surface area contributed by atoms with Gasteiger partial charge in [0, 0.05) is 55.3 Å². The number of benzene rings is 2. The third-order valence-electron chi connectivity index (χ3n) is 8.55. The highest BCUT2D eigenvalue weighted by molar-refractivity contribution is 5.91. The maximum Gasteiger partial charge on any atom is 0.410 e. The maximum atomic E-state index is 12.6. The summed E-state index contributed by atoms with van der Waals surface area (Å²) in [6.45, 7) is 8.96. The normalized spacial score (nSPS) is 22.3. The Morgan fingerprint density at radius 2 is 1.68 bits per heavy atom. The monoisotopic (exact) mass is 516 g/mol. The van der Waals surface area contributed by atoms with Crippen LogP contribution in [-0.4, -0.2) is 52.3 Å². The van der Waals surface area contributed by atoms with Gasteiger partial charge in [0.1, 0.15) is 5.60 Å². The zero-order valence-electron chi connectivity index (χ0n) is 22.8. The van der Waals surface area contributed by atoms with Crippen molar-refractivity contribution in [2.24, 2.45) is 11.8 Å². The molecule has 202 valence electrons. The predicted molar refractivity (Wildman–Crippen MR) is 153 cm³/mol. The van der Waals surface area contributed by atoms with Crippen molar-refractivity contribution in [1.82, 2.24) is 14.5 Å². The molecule has 1 aromatic heterocycles. The number of imidazole rings is 1. The number of nitrogens with zero attached hydrogens (tertiary/aromatic N) is 4. The molecule has 3 heterocycles. The summed E-state index contributed by atoms with van der Waals surface area (Å²) in [7, 11) is 0. The van der Waals surface area contributed by atoms with E-state index in [2.05, 4.69) is 33.7 Å². The van der Waals surface area contributed by atoms with Crippen LogP contribution in [0.2, 0.25) is 0 Å². The van der Waals surface area contributed by atoms with Gasteiger partial charge in [-0.15, -0.1) is 0 Å². The minimum absolute atomic E-state index is 0.209. The van der Waals surface area contributed by atoms with Gasteiger partial charge in [0.15, 0.2) is 0 Å². The van der Waals surface area contributed by atoms with Crippen molar-refractivity contribution in [3.05, 3.63) is 36.7 Å². The van der Waals surface area contributed by atoms with Crippen molar-refractivity contribution >= 4 is 34.2 Å². The average molecular weight is 517 g/mol. The fourth-order valence-electron chi connectivity index (χ4n) is 6.61. The molecular formula is C30H40N6O2. The predicted octanol–water partition coefficient (Wildman–Crippen LogP) is 5.68. The lowest BCUT2D eigenvalue weighted by Gasteiger charge is -2.27. The van der Waals surface area contributed by atoms with E-state index in [-0.39, 0.29) is 6.09 Å². The molecule has 2 atom stereocenters. The Bertz CT molecular complexity index is 1340. The number of hydrogen-bond acceptors (Lipinski definition) is 6. The molecule has 2 unspecified atom stereocenters. The number of nitrogens with two attached hydrogens (primary N) is 2. The molecule has 1 saturated carbocycles. The third-order valence-corrected chi connectivity index (χ3v) is 8.55. The Morgan fingerprint density at radius 3 is 2.37 bits per heavy atom. The van der Waals surface area contributed by atoms with Crippen LogP contribution in [-0.2, 0) is 4.74 Å². The van der Waals surface area contributed by atoms with E-state index in [0.29, 0.717) is 29.3 Å². The molecule has 0 spiro atoms. The number of nitrogen functional groups attached to an aromatic ring is 2. The van der Waals surface area contributed by atoms with Gasteiger partial charge in [-0.3, -0.25) is 0 Å². The van der Waals surface area contributed by atoms with Crippen LogP contribution in [0.4, 0.5) is 21.9 Å². The van der Waals surface area contributed by atoms with E-state index in [1.165, 1.54) is 37.6 Å². The van der Waals surface area contributed by atoms with Gasteiger partial charge in [0.25, 0.3) is 0 Å².